The van der Waals surface area contributed by atoms with Crippen LogP contribution in [0.25, 0.3) is 0 Å². The molecule has 0 aliphatic heterocycles. The molecule has 3 N–H and O–H groups in total. The summed E-state index contributed by atoms with van der Waals surface area (Å²) in [5.41, 5.74) is 6.18. The SMILES string of the molecule is N/C=C\Nc1ccccc1. The van der Waals surface area contributed by atoms with Gasteiger partial charge in [-0.05, 0) is 12.1 Å². The van der Waals surface area contributed by atoms with Gasteiger partial charge in [0.2, 0.25) is 0 Å². The highest BCUT2D eigenvalue weighted by molar-refractivity contribution is 5.44. The molecule has 2 nitrogen and oxygen atoms in total. The van der Waals surface area contributed by atoms with Gasteiger partial charge in [-0.1, -0.05) is 18.2 Å². The number of anilines is 1. The van der Waals surface area contributed by atoms with E-state index in [1.165, 1.54) is 6.20 Å². The summed E-state index contributed by atoms with van der Waals surface area (Å²) in [7, 11) is 0. The van der Waals surface area contributed by atoms with Crippen LogP contribution in [-0.4, -0.2) is 0 Å². The molecule has 0 unspecified atom stereocenters. The Kier molecular flexibility index (Phi) is 2.38. The van der Waals surface area contributed by atoms with E-state index in [4.69, 9.17) is 5.73 Å². The van der Waals surface area contributed by atoms with Gasteiger partial charge in [0.15, 0.2) is 0 Å². The average molecular weight is 134 g/mol. The molecular formula is C8H10N2. The molecule has 0 spiro atoms. The van der Waals surface area contributed by atoms with Crippen molar-refractivity contribution in [2.24, 2.45) is 5.73 Å². The lowest BCUT2D eigenvalue weighted by atomic mass is 10.3. The van der Waals surface area contributed by atoms with Gasteiger partial charge in [-0.25, -0.2) is 0 Å². The first kappa shape index (κ1) is 6.68. The number of benzene rings is 1. The number of hydrogen-bond donors (Lipinski definition) is 2. The van der Waals surface area contributed by atoms with Crippen molar-refractivity contribution < 1.29 is 0 Å². The van der Waals surface area contributed by atoms with Crippen LogP contribution >= 0.6 is 0 Å². The van der Waals surface area contributed by atoms with E-state index in [1.807, 2.05) is 30.3 Å². The molecule has 0 atom stereocenters. The summed E-state index contributed by atoms with van der Waals surface area (Å²) in [6.07, 6.45) is 3.16. The van der Waals surface area contributed by atoms with E-state index in [9.17, 15) is 0 Å². The van der Waals surface area contributed by atoms with Gasteiger partial charge in [-0.3, -0.25) is 0 Å². The van der Waals surface area contributed by atoms with Crippen molar-refractivity contribution in [3.8, 4) is 0 Å². The monoisotopic (exact) mass is 134 g/mol. The molecule has 0 saturated carbocycles. The predicted octanol–water partition coefficient (Wildman–Crippen LogP) is 1.53. The average Bonchev–Trinajstić information content (AvgIpc) is 2.03. The zero-order valence-corrected chi connectivity index (χ0v) is 5.62. The van der Waals surface area contributed by atoms with Crippen molar-refractivity contribution in [1.29, 1.82) is 0 Å². The van der Waals surface area contributed by atoms with Crippen molar-refractivity contribution in [2.75, 3.05) is 5.32 Å². The maximum absolute atomic E-state index is 5.13. The van der Waals surface area contributed by atoms with Crippen LogP contribution in [0.1, 0.15) is 0 Å². The summed E-state index contributed by atoms with van der Waals surface area (Å²) in [4.78, 5) is 0. The molecule has 0 radical (unpaired) electrons. The van der Waals surface area contributed by atoms with Crippen molar-refractivity contribution in [3.63, 3.8) is 0 Å². The molecule has 0 heterocycles. The van der Waals surface area contributed by atoms with Crippen LogP contribution in [0.15, 0.2) is 42.7 Å². The van der Waals surface area contributed by atoms with Crippen molar-refractivity contribution in [3.05, 3.63) is 42.7 Å². The van der Waals surface area contributed by atoms with Crippen molar-refractivity contribution in [2.45, 2.75) is 0 Å². The van der Waals surface area contributed by atoms with Crippen LogP contribution in [0.5, 0.6) is 0 Å². The van der Waals surface area contributed by atoms with Gasteiger partial charge >= 0.3 is 0 Å². The molecule has 0 bridgehead atoms. The number of nitrogens with one attached hydrogen (secondary N) is 1. The van der Waals surface area contributed by atoms with Gasteiger partial charge in [0.1, 0.15) is 0 Å². The molecule has 2 heteroatoms. The second-order valence-corrected chi connectivity index (χ2v) is 1.87. The second-order valence-electron chi connectivity index (χ2n) is 1.87. The highest BCUT2D eigenvalue weighted by Gasteiger charge is 1.80. The Balaban J connectivity index is 2.59. The summed E-state index contributed by atoms with van der Waals surface area (Å²) in [6.45, 7) is 0. The summed E-state index contributed by atoms with van der Waals surface area (Å²) < 4.78 is 0. The number of para-hydroxylation sites is 1. The van der Waals surface area contributed by atoms with Gasteiger partial charge in [0, 0.05) is 18.1 Å². The smallest absolute Gasteiger partial charge is 0.0380 e. The summed E-state index contributed by atoms with van der Waals surface area (Å²) in [5.74, 6) is 0. The fourth-order valence-corrected chi connectivity index (χ4v) is 0.679. The third-order valence-electron chi connectivity index (χ3n) is 1.12. The number of nitrogens with two attached hydrogens (primary N) is 1. The summed E-state index contributed by atoms with van der Waals surface area (Å²) >= 11 is 0. The highest BCUT2D eigenvalue weighted by atomic mass is 14.8. The molecule has 1 aromatic carbocycles. The van der Waals surface area contributed by atoms with Gasteiger partial charge < -0.3 is 11.1 Å². The molecule has 0 amide bonds. The minimum Gasteiger partial charge on any atom is -0.403 e. The van der Waals surface area contributed by atoms with E-state index >= 15 is 0 Å². The molecule has 0 aromatic heterocycles. The predicted molar refractivity (Wildman–Crippen MR) is 43.4 cm³/mol. The first-order chi connectivity index (χ1) is 4.93. The zero-order valence-electron chi connectivity index (χ0n) is 5.62. The van der Waals surface area contributed by atoms with E-state index < -0.39 is 0 Å². The Bertz CT molecular complexity index is 204. The van der Waals surface area contributed by atoms with E-state index in [0.717, 1.165) is 5.69 Å². The van der Waals surface area contributed by atoms with Crippen LogP contribution < -0.4 is 11.1 Å². The van der Waals surface area contributed by atoms with Gasteiger partial charge in [0.05, 0.1) is 0 Å². The number of rotatable bonds is 2. The topological polar surface area (TPSA) is 38.0 Å². The van der Waals surface area contributed by atoms with Gasteiger partial charge in [-0.15, -0.1) is 0 Å². The third kappa shape index (κ3) is 1.82. The van der Waals surface area contributed by atoms with E-state index in [0.29, 0.717) is 0 Å². The van der Waals surface area contributed by atoms with Crippen LogP contribution in [0.2, 0.25) is 0 Å². The molecule has 1 aromatic rings. The van der Waals surface area contributed by atoms with Crippen molar-refractivity contribution in [1.82, 2.24) is 0 Å². The lowest BCUT2D eigenvalue weighted by Crippen LogP contribution is -1.88. The van der Waals surface area contributed by atoms with Crippen LogP contribution in [0, 0.1) is 0 Å². The Morgan fingerprint density at radius 1 is 1.20 bits per heavy atom. The van der Waals surface area contributed by atoms with Gasteiger partial charge in [-0.2, -0.15) is 0 Å². The first-order valence-electron chi connectivity index (χ1n) is 3.12. The Labute approximate surface area is 60.4 Å². The summed E-state index contributed by atoms with van der Waals surface area (Å²) in [6, 6.07) is 9.84. The van der Waals surface area contributed by atoms with Crippen LogP contribution in [-0.2, 0) is 0 Å². The maximum atomic E-state index is 5.13. The normalized spacial score (nSPS) is 10.0. The standard InChI is InChI=1S/C8H10N2/c9-6-7-10-8-4-2-1-3-5-8/h1-7,10H,9H2/b7-6-. The molecule has 1 rings (SSSR count). The highest BCUT2D eigenvalue weighted by Crippen LogP contribution is 2.03. The first-order valence-corrected chi connectivity index (χ1v) is 3.12. The Hall–Kier alpha value is -1.44. The zero-order chi connectivity index (χ0) is 7.23. The molecule has 10 heavy (non-hydrogen) atoms. The molecule has 0 saturated heterocycles. The number of hydrogen-bond acceptors (Lipinski definition) is 2. The molecule has 0 fully saturated rings. The van der Waals surface area contributed by atoms with E-state index in [2.05, 4.69) is 5.32 Å². The summed E-state index contributed by atoms with van der Waals surface area (Å²) in [5, 5.41) is 2.99. The Morgan fingerprint density at radius 2 is 1.90 bits per heavy atom. The minimum absolute atomic E-state index is 1.05. The fraction of sp³-hybridized carbons (Fsp3) is 0. The molecule has 0 aliphatic rings. The second kappa shape index (κ2) is 3.56. The molecule has 0 aliphatic carbocycles. The van der Waals surface area contributed by atoms with Crippen LogP contribution in [0.4, 0.5) is 5.69 Å². The lowest BCUT2D eigenvalue weighted by Gasteiger charge is -1.96. The van der Waals surface area contributed by atoms with E-state index in [-0.39, 0.29) is 0 Å². The van der Waals surface area contributed by atoms with E-state index in [1.54, 1.807) is 6.20 Å². The quantitative estimate of drug-likeness (QED) is 0.643. The minimum atomic E-state index is 1.05. The lowest BCUT2D eigenvalue weighted by molar-refractivity contribution is 1.52. The molecular weight excluding hydrogens is 124 g/mol. The van der Waals surface area contributed by atoms with Crippen molar-refractivity contribution >= 4 is 5.69 Å². The Morgan fingerprint density at radius 3 is 2.50 bits per heavy atom. The largest absolute Gasteiger partial charge is 0.403 e. The maximum Gasteiger partial charge on any atom is 0.0380 e. The molecule has 52 valence electrons. The van der Waals surface area contributed by atoms with Crippen LogP contribution in [0.3, 0.4) is 0 Å². The van der Waals surface area contributed by atoms with Gasteiger partial charge in [0.25, 0.3) is 0 Å². The fourth-order valence-electron chi connectivity index (χ4n) is 0.679. The third-order valence-corrected chi connectivity index (χ3v) is 1.12.